The van der Waals surface area contributed by atoms with Crippen LogP contribution in [0.1, 0.15) is 77.0 Å². The zero-order valence-corrected chi connectivity index (χ0v) is 13.0. The van der Waals surface area contributed by atoms with Crippen molar-refractivity contribution in [2.75, 3.05) is 0 Å². The predicted octanol–water partition coefficient (Wildman–Crippen LogP) is 5.28. The second-order valence-corrected chi connectivity index (χ2v) is 5.87. The molecule has 1 heteroatoms. The number of hydrogen-bond donors (Lipinski definition) is 0. The molecular formula is C17H28O. The van der Waals surface area contributed by atoms with E-state index in [-0.39, 0.29) is 6.10 Å². The van der Waals surface area contributed by atoms with Crippen LogP contribution in [0.2, 0.25) is 0 Å². The van der Waals surface area contributed by atoms with Gasteiger partial charge in [0.1, 0.15) is 5.75 Å². The number of ether oxygens (including phenoxy) is 1. The first-order chi connectivity index (χ1) is 8.38. The van der Waals surface area contributed by atoms with Gasteiger partial charge in [0, 0.05) is 5.56 Å². The first-order valence-corrected chi connectivity index (χ1v) is 7.20. The standard InChI is InChI=1S/C17H28O/c1-8-14-15(11(2)3)9-10-16(18-13(6)7)17(14)12(4)5/h9-13H,8H2,1-7H3. The van der Waals surface area contributed by atoms with Gasteiger partial charge in [-0.05, 0) is 49.3 Å². The lowest BCUT2D eigenvalue weighted by Crippen LogP contribution is -2.11. The third-order valence-corrected chi connectivity index (χ3v) is 3.27. The number of rotatable bonds is 5. The van der Waals surface area contributed by atoms with E-state index in [2.05, 4.69) is 60.6 Å². The average molecular weight is 248 g/mol. The van der Waals surface area contributed by atoms with Gasteiger partial charge in [-0.1, -0.05) is 40.7 Å². The summed E-state index contributed by atoms with van der Waals surface area (Å²) in [5.74, 6) is 2.15. The van der Waals surface area contributed by atoms with Gasteiger partial charge in [0.2, 0.25) is 0 Å². The molecule has 0 atom stereocenters. The first-order valence-electron chi connectivity index (χ1n) is 7.20. The van der Waals surface area contributed by atoms with E-state index in [1.54, 1.807) is 0 Å². The van der Waals surface area contributed by atoms with Crippen LogP contribution in [-0.4, -0.2) is 6.10 Å². The van der Waals surface area contributed by atoms with Crippen LogP contribution in [0.15, 0.2) is 12.1 Å². The molecule has 0 heterocycles. The van der Waals surface area contributed by atoms with Gasteiger partial charge in [-0.15, -0.1) is 0 Å². The molecule has 0 aromatic heterocycles. The van der Waals surface area contributed by atoms with E-state index in [0.717, 1.165) is 12.2 Å². The Morgan fingerprint density at radius 1 is 0.944 bits per heavy atom. The van der Waals surface area contributed by atoms with Crippen molar-refractivity contribution >= 4 is 0 Å². The normalized spacial score (nSPS) is 11.7. The molecule has 1 nitrogen and oxygen atoms in total. The summed E-state index contributed by atoms with van der Waals surface area (Å²) in [6.07, 6.45) is 1.31. The van der Waals surface area contributed by atoms with Crippen LogP contribution in [0.3, 0.4) is 0 Å². The monoisotopic (exact) mass is 248 g/mol. The van der Waals surface area contributed by atoms with E-state index >= 15 is 0 Å². The van der Waals surface area contributed by atoms with Gasteiger partial charge < -0.3 is 4.74 Å². The van der Waals surface area contributed by atoms with Crippen molar-refractivity contribution < 1.29 is 4.74 Å². The summed E-state index contributed by atoms with van der Waals surface area (Å²) in [6, 6.07) is 4.40. The molecule has 0 aliphatic carbocycles. The smallest absolute Gasteiger partial charge is 0.123 e. The van der Waals surface area contributed by atoms with E-state index in [1.807, 2.05) is 0 Å². The molecule has 0 saturated heterocycles. The Bertz CT molecular complexity index is 389. The van der Waals surface area contributed by atoms with Crippen molar-refractivity contribution in [3.05, 3.63) is 28.8 Å². The lowest BCUT2D eigenvalue weighted by molar-refractivity contribution is 0.239. The van der Waals surface area contributed by atoms with Crippen LogP contribution in [-0.2, 0) is 6.42 Å². The van der Waals surface area contributed by atoms with Gasteiger partial charge in [-0.3, -0.25) is 0 Å². The molecule has 18 heavy (non-hydrogen) atoms. The summed E-state index contributed by atoms with van der Waals surface area (Å²) in [4.78, 5) is 0. The SMILES string of the molecule is CCc1c(C(C)C)ccc(OC(C)C)c1C(C)C. The summed E-state index contributed by atoms with van der Waals surface area (Å²) < 4.78 is 5.98. The molecule has 0 bridgehead atoms. The summed E-state index contributed by atoms with van der Waals surface area (Å²) in [5, 5.41) is 0. The molecular weight excluding hydrogens is 220 g/mol. The highest BCUT2D eigenvalue weighted by Crippen LogP contribution is 2.35. The largest absolute Gasteiger partial charge is 0.491 e. The maximum absolute atomic E-state index is 5.98. The number of hydrogen-bond acceptors (Lipinski definition) is 1. The zero-order valence-electron chi connectivity index (χ0n) is 13.0. The van der Waals surface area contributed by atoms with Crippen molar-refractivity contribution in [3.63, 3.8) is 0 Å². The summed E-state index contributed by atoms with van der Waals surface area (Å²) in [7, 11) is 0. The van der Waals surface area contributed by atoms with E-state index in [9.17, 15) is 0 Å². The van der Waals surface area contributed by atoms with E-state index in [0.29, 0.717) is 11.8 Å². The lowest BCUT2D eigenvalue weighted by Gasteiger charge is -2.23. The summed E-state index contributed by atoms with van der Waals surface area (Å²) >= 11 is 0. The van der Waals surface area contributed by atoms with Gasteiger partial charge in [0.15, 0.2) is 0 Å². The summed E-state index contributed by atoms with van der Waals surface area (Å²) in [5.41, 5.74) is 4.35. The molecule has 0 radical (unpaired) electrons. The van der Waals surface area contributed by atoms with Gasteiger partial charge in [0.25, 0.3) is 0 Å². The Kier molecular flexibility index (Phi) is 5.25. The Balaban J connectivity index is 3.38. The Morgan fingerprint density at radius 2 is 1.56 bits per heavy atom. The molecule has 0 aliphatic rings. The second-order valence-electron chi connectivity index (χ2n) is 5.87. The topological polar surface area (TPSA) is 9.23 Å². The minimum Gasteiger partial charge on any atom is -0.491 e. The molecule has 0 amide bonds. The predicted molar refractivity (Wildman–Crippen MR) is 79.8 cm³/mol. The first kappa shape index (κ1) is 15.1. The lowest BCUT2D eigenvalue weighted by atomic mass is 9.86. The second kappa shape index (κ2) is 6.26. The Labute approximate surface area is 113 Å². The fourth-order valence-electron chi connectivity index (χ4n) is 2.59. The third-order valence-electron chi connectivity index (χ3n) is 3.27. The highest BCUT2D eigenvalue weighted by molar-refractivity contribution is 5.48. The molecule has 0 saturated carbocycles. The van der Waals surface area contributed by atoms with Crippen molar-refractivity contribution in [2.24, 2.45) is 0 Å². The van der Waals surface area contributed by atoms with Gasteiger partial charge in [-0.2, -0.15) is 0 Å². The molecule has 0 aliphatic heterocycles. The van der Waals surface area contributed by atoms with Crippen molar-refractivity contribution in [3.8, 4) is 5.75 Å². The Hall–Kier alpha value is -0.980. The van der Waals surface area contributed by atoms with Crippen molar-refractivity contribution in [1.29, 1.82) is 0 Å². The van der Waals surface area contributed by atoms with Crippen LogP contribution in [0.4, 0.5) is 0 Å². The molecule has 1 rings (SSSR count). The molecule has 0 unspecified atom stereocenters. The zero-order chi connectivity index (χ0) is 13.9. The van der Waals surface area contributed by atoms with Gasteiger partial charge in [0.05, 0.1) is 6.10 Å². The highest BCUT2D eigenvalue weighted by Gasteiger charge is 2.18. The van der Waals surface area contributed by atoms with Crippen molar-refractivity contribution in [1.82, 2.24) is 0 Å². The van der Waals surface area contributed by atoms with E-state index in [4.69, 9.17) is 4.74 Å². The molecule has 0 fully saturated rings. The molecule has 1 aromatic rings. The van der Waals surface area contributed by atoms with Crippen molar-refractivity contribution in [2.45, 2.75) is 72.8 Å². The fourth-order valence-corrected chi connectivity index (χ4v) is 2.59. The van der Waals surface area contributed by atoms with Crippen LogP contribution >= 0.6 is 0 Å². The average Bonchev–Trinajstić information content (AvgIpc) is 2.26. The van der Waals surface area contributed by atoms with Gasteiger partial charge in [-0.25, -0.2) is 0 Å². The van der Waals surface area contributed by atoms with Crippen LogP contribution in [0, 0.1) is 0 Å². The maximum atomic E-state index is 5.98. The van der Waals surface area contributed by atoms with Crippen LogP contribution < -0.4 is 4.74 Å². The summed E-state index contributed by atoms with van der Waals surface area (Å²) in [6.45, 7) is 15.5. The number of benzene rings is 1. The highest BCUT2D eigenvalue weighted by atomic mass is 16.5. The van der Waals surface area contributed by atoms with Crippen LogP contribution in [0.5, 0.6) is 5.75 Å². The molecule has 102 valence electrons. The molecule has 1 aromatic carbocycles. The van der Waals surface area contributed by atoms with E-state index in [1.165, 1.54) is 16.7 Å². The van der Waals surface area contributed by atoms with E-state index < -0.39 is 0 Å². The quantitative estimate of drug-likeness (QED) is 0.688. The van der Waals surface area contributed by atoms with Crippen LogP contribution in [0.25, 0.3) is 0 Å². The minimum atomic E-state index is 0.233. The van der Waals surface area contributed by atoms with Gasteiger partial charge >= 0.3 is 0 Å². The fraction of sp³-hybridized carbons (Fsp3) is 0.647. The maximum Gasteiger partial charge on any atom is 0.123 e. The third kappa shape index (κ3) is 3.28. The molecule has 0 N–H and O–H groups in total. The minimum absolute atomic E-state index is 0.233. The Morgan fingerprint density at radius 3 is 1.94 bits per heavy atom. The molecule has 0 spiro atoms.